The highest BCUT2D eigenvalue weighted by Crippen LogP contribution is 2.44. The molecule has 3 aromatic rings. The van der Waals surface area contributed by atoms with Gasteiger partial charge in [0.05, 0.1) is 40.8 Å². The molecule has 0 fully saturated rings. The van der Waals surface area contributed by atoms with E-state index in [1.165, 1.54) is 6.07 Å². The lowest BCUT2D eigenvalue weighted by Crippen LogP contribution is -2.38. The van der Waals surface area contributed by atoms with E-state index in [1.807, 2.05) is 20.8 Å². The number of aromatic nitrogens is 2. The molecule has 1 amide bonds. The van der Waals surface area contributed by atoms with Gasteiger partial charge in [-0.25, -0.2) is 9.37 Å². The van der Waals surface area contributed by atoms with E-state index in [0.717, 1.165) is 11.1 Å². The summed E-state index contributed by atoms with van der Waals surface area (Å²) in [6.07, 6.45) is 0.727. The van der Waals surface area contributed by atoms with E-state index >= 15 is 4.39 Å². The number of carbonyl (C=O) groups is 1. The molecule has 8 nitrogen and oxygen atoms in total. The fourth-order valence-corrected chi connectivity index (χ4v) is 5.48. The summed E-state index contributed by atoms with van der Waals surface area (Å²) in [5.41, 5.74) is 2.97. The molecule has 0 bridgehead atoms. The number of nitrogens with zero attached hydrogens (tertiary/aromatic N) is 2. The lowest BCUT2D eigenvalue weighted by Gasteiger charge is -2.35. The second-order valence-corrected chi connectivity index (χ2v) is 10.2. The van der Waals surface area contributed by atoms with E-state index in [2.05, 4.69) is 11.9 Å². The maximum Gasteiger partial charge on any atom is 0.258 e. The minimum atomic E-state index is -1.49. The third-order valence-corrected chi connectivity index (χ3v) is 7.62. The van der Waals surface area contributed by atoms with Crippen LogP contribution in [-0.2, 0) is 39.4 Å². The molecule has 1 atom stereocenters. The van der Waals surface area contributed by atoms with Crippen LogP contribution in [0.3, 0.4) is 0 Å². The van der Waals surface area contributed by atoms with Crippen molar-refractivity contribution in [1.29, 1.82) is 0 Å². The molecule has 2 aromatic heterocycles. The number of hydrogen-bond donors (Lipinski definition) is 2. The van der Waals surface area contributed by atoms with Gasteiger partial charge in [-0.3, -0.25) is 9.59 Å². The molecule has 0 unspecified atom stereocenters. The highest BCUT2D eigenvalue weighted by atomic mass is 19.1. The number of halogens is 1. The van der Waals surface area contributed by atoms with Crippen molar-refractivity contribution in [2.45, 2.75) is 72.3 Å². The number of aliphatic hydroxyl groups is 1. The third kappa shape index (κ3) is 3.84. The molecule has 2 aliphatic rings. The van der Waals surface area contributed by atoms with E-state index in [-0.39, 0.29) is 49.5 Å². The Kier molecular flexibility index (Phi) is 6.39. The highest BCUT2D eigenvalue weighted by Gasteiger charge is 2.41. The van der Waals surface area contributed by atoms with Crippen LogP contribution in [0.5, 0.6) is 0 Å². The van der Waals surface area contributed by atoms with Gasteiger partial charge in [-0.1, -0.05) is 20.4 Å². The molecular formula is C29H32FN3O5. The molecule has 200 valence electrons. The minimum absolute atomic E-state index is 0.0288. The number of carbonyl (C=O) groups excluding carboxylic acids is 1. The Balaban J connectivity index is 1.73. The Bertz CT molecular complexity index is 1580. The first kappa shape index (κ1) is 26.1. The lowest BCUT2D eigenvalue weighted by molar-refractivity contribution is -0.121. The summed E-state index contributed by atoms with van der Waals surface area (Å²) < 4.78 is 27.7. The van der Waals surface area contributed by atoms with Gasteiger partial charge in [-0.05, 0) is 45.2 Å². The molecule has 0 saturated carbocycles. The molecule has 1 aromatic carbocycles. The molecule has 5 rings (SSSR count). The fraction of sp³-hybridized carbons (Fsp3) is 0.414. The summed E-state index contributed by atoms with van der Waals surface area (Å²) in [4.78, 5) is 31.1. The SMILES string of the molecule is C=C1OCc2c(cc3n(c2=O)Cc2c-3nc3cc(F)c(C)c(NC(=O)COC(C)C)c3c2CC)[C@@]1(O)CC. The number of anilines is 1. The van der Waals surface area contributed by atoms with Gasteiger partial charge < -0.3 is 24.5 Å². The monoisotopic (exact) mass is 521 g/mol. The van der Waals surface area contributed by atoms with Gasteiger partial charge in [0, 0.05) is 28.1 Å². The second kappa shape index (κ2) is 9.32. The molecule has 4 heterocycles. The Labute approximate surface area is 220 Å². The zero-order valence-electron chi connectivity index (χ0n) is 22.3. The quantitative estimate of drug-likeness (QED) is 0.389. The van der Waals surface area contributed by atoms with Crippen molar-refractivity contribution < 1.29 is 23.8 Å². The normalized spacial score (nSPS) is 17.8. The Morgan fingerprint density at radius 1 is 1.34 bits per heavy atom. The fourth-order valence-electron chi connectivity index (χ4n) is 5.48. The van der Waals surface area contributed by atoms with Crippen molar-refractivity contribution in [3.8, 4) is 11.4 Å². The van der Waals surface area contributed by atoms with Gasteiger partial charge in [0.1, 0.15) is 30.4 Å². The van der Waals surface area contributed by atoms with Gasteiger partial charge in [-0.15, -0.1) is 0 Å². The average molecular weight is 522 g/mol. The van der Waals surface area contributed by atoms with Crippen molar-refractivity contribution in [2.24, 2.45) is 0 Å². The third-order valence-electron chi connectivity index (χ3n) is 7.62. The zero-order valence-corrected chi connectivity index (χ0v) is 22.3. The first-order valence-electron chi connectivity index (χ1n) is 12.9. The molecular weight excluding hydrogens is 489 g/mol. The maximum absolute atomic E-state index is 15.1. The average Bonchev–Trinajstić information content (AvgIpc) is 3.25. The minimum Gasteiger partial charge on any atom is -0.490 e. The summed E-state index contributed by atoms with van der Waals surface area (Å²) in [6, 6.07) is 3.15. The van der Waals surface area contributed by atoms with Crippen LogP contribution >= 0.6 is 0 Å². The number of rotatable bonds is 6. The van der Waals surface area contributed by atoms with E-state index < -0.39 is 11.4 Å². The van der Waals surface area contributed by atoms with Gasteiger partial charge in [0.15, 0.2) is 0 Å². The lowest BCUT2D eigenvalue weighted by atomic mass is 9.84. The first-order valence-corrected chi connectivity index (χ1v) is 12.9. The van der Waals surface area contributed by atoms with Crippen molar-refractivity contribution in [3.05, 3.63) is 68.5 Å². The van der Waals surface area contributed by atoms with Crippen molar-refractivity contribution in [1.82, 2.24) is 9.55 Å². The van der Waals surface area contributed by atoms with E-state index in [9.17, 15) is 14.7 Å². The number of amides is 1. The number of benzene rings is 1. The highest BCUT2D eigenvalue weighted by molar-refractivity contribution is 6.05. The van der Waals surface area contributed by atoms with E-state index in [1.54, 1.807) is 24.5 Å². The van der Waals surface area contributed by atoms with Crippen molar-refractivity contribution in [2.75, 3.05) is 11.9 Å². The predicted octanol–water partition coefficient (Wildman–Crippen LogP) is 4.44. The second-order valence-electron chi connectivity index (χ2n) is 10.2. The van der Waals surface area contributed by atoms with Crippen LogP contribution in [0, 0.1) is 12.7 Å². The van der Waals surface area contributed by atoms with Gasteiger partial charge in [-0.2, -0.15) is 0 Å². The number of aryl methyl sites for hydroxylation is 1. The molecule has 0 radical (unpaired) electrons. The van der Waals surface area contributed by atoms with Crippen molar-refractivity contribution in [3.63, 3.8) is 0 Å². The van der Waals surface area contributed by atoms with Crippen molar-refractivity contribution >= 4 is 22.5 Å². The largest absolute Gasteiger partial charge is 0.490 e. The number of ether oxygens (including phenoxy) is 2. The molecule has 2 N–H and O–H groups in total. The van der Waals surface area contributed by atoms with Crippen LogP contribution in [-0.4, -0.2) is 33.3 Å². The van der Waals surface area contributed by atoms with Gasteiger partial charge >= 0.3 is 0 Å². The Morgan fingerprint density at radius 2 is 2.08 bits per heavy atom. The molecule has 9 heteroatoms. The summed E-state index contributed by atoms with van der Waals surface area (Å²) in [6.45, 7) is 13.1. The van der Waals surface area contributed by atoms with Gasteiger partial charge in [0.2, 0.25) is 5.91 Å². The zero-order chi connectivity index (χ0) is 27.5. The van der Waals surface area contributed by atoms with E-state index in [0.29, 0.717) is 51.1 Å². The summed E-state index contributed by atoms with van der Waals surface area (Å²) in [7, 11) is 0. The van der Waals surface area contributed by atoms with Crippen LogP contribution in [0.15, 0.2) is 29.3 Å². The number of hydrogen-bond acceptors (Lipinski definition) is 6. The predicted molar refractivity (Wildman–Crippen MR) is 142 cm³/mol. The molecule has 0 spiro atoms. The maximum atomic E-state index is 15.1. The van der Waals surface area contributed by atoms with Gasteiger partial charge in [0.25, 0.3) is 5.56 Å². The molecule has 0 aliphatic carbocycles. The standard InChI is InChI=1S/C29H32FN3O5/c1-7-17-18-11-33-23(9-20-19(28(33)35)12-38-16(6)29(20,36)8-2)27(18)31-22-10-21(30)15(5)26(25(17)22)32-24(34)13-37-14(3)4/h9-10,14,36H,6-8,11-13H2,1-5H3,(H,32,34)/t29-/m1/s1. The molecule has 38 heavy (non-hydrogen) atoms. The number of nitrogens with one attached hydrogen (secondary N) is 1. The molecule has 0 saturated heterocycles. The number of pyridine rings is 2. The van der Waals surface area contributed by atoms with Crippen LogP contribution < -0.4 is 10.9 Å². The van der Waals surface area contributed by atoms with E-state index in [4.69, 9.17) is 14.5 Å². The van der Waals surface area contributed by atoms with Crippen LogP contribution in [0.25, 0.3) is 22.3 Å². The smallest absolute Gasteiger partial charge is 0.258 e. The molecule has 2 aliphatic heterocycles. The van der Waals surface area contributed by atoms with Crippen LogP contribution in [0.4, 0.5) is 10.1 Å². The first-order chi connectivity index (χ1) is 18.0. The Morgan fingerprint density at radius 3 is 2.74 bits per heavy atom. The Hall–Kier alpha value is -3.56. The summed E-state index contributed by atoms with van der Waals surface area (Å²) >= 11 is 0. The van der Waals surface area contributed by atoms with Crippen LogP contribution in [0.1, 0.15) is 61.9 Å². The summed E-state index contributed by atoms with van der Waals surface area (Å²) in [5, 5.41) is 14.8. The number of fused-ring (bicyclic) bond motifs is 5. The summed E-state index contributed by atoms with van der Waals surface area (Å²) in [5.74, 6) is -0.681. The van der Waals surface area contributed by atoms with Crippen LogP contribution in [0.2, 0.25) is 0 Å². The topological polar surface area (TPSA) is 103 Å².